The van der Waals surface area contributed by atoms with E-state index in [4.69, 9.17) is 11.6 Å². The van der Waals surface area contributed by atoms with Gasteiger partial charge in [-0.1, -0.05) is 60.5 Å². The van der Waals surface area contributed by atoms with Gasteiger partial charge in [0.05, 0.1) is 0 Å². The van der Waals surface area contributed by atoms with Gasteiger partial charge in [0.15, 0.2) is 0 Å². The molecule has 2 aromatic carbocycles. The van der Waals surface area contributed by atoms with Crippen LogP contribution >= 0.6 is 11.6 Å². The molecule has 0 saturated heterocycles. The van der Waals surface area contributed by atoms with Crippen LogP contribution in [-0.4, -0.2) is 6.54 Å². The van der Waals surface area contributed by atoms with Crippen LogP contribution in [0.15, 0.2) is 42.5 Å². The Labute approximate surface area is 127 Å². The molecule has 2 rings (SSSR count). The van der Waals surface area contributed by atoms with E-state index in [0.29, 0.717) is 6.04 Å². The number of rotatable bonds is 5. The maximum atomic E-state index is 6.26. The number of aryl methyl sites for hydroxylation is 1. The Morgan fingerprint density at radius 2 is 1.85 bits per heavy atom. The Morgan fingerprint density at radius 3 is 2.55 bits per heavy atom. The first-order valence-corrected chi connectivity index (χ1v) is 7.53. The molecule has 0 heterocycles. The summed E-state index contributed by atoms with van der Waals surface area (Å²) in [6.07, 6.45) is 0.983. The van der Waals surface area contributed by atoms with Gasteiger partial charge in [0.1, 0.15) is 0 Å². The number of halogens is 1. The Hall–Kier alpha value is -1.31. The second-order valence-electron chi connectivity index (χ2n) is 5.26. The van der Waals surface area contributed by atoms with Crippen molar-refractivity contribution in [3.8, 4) is 0 Å². The molecular weight excluding hydrogens is 266 g/mol. The molecule has 0 fully saturated rings. The third-order valence-electron chi connectivity index (χ3n) is 3.66. The molecule has 1 nitrogen and oxygen atoms in total. The lowest BCUT2D eigenvalue weighted by Gasteiger charge is -2.21. The van der Waals surface area contributed by atoms with E-state index in [9.17, 15) is 0 Å². The molecule has 2 aromatic rings. The molecule has 0 amide bonds. The molecule has 1 unspecified atom stereocenters. The van der Waals surface area contributed by atoms with Crippen LogP contribution in [0, 0.1) is 13.8 Å². The fraction of sp³-hybridized carbons (Fsp3) is 0.333. The summed E-state index contributed by atoms with van der Waals surface area (Å²) in [5.74, 6) is 0. The summed E-state index contributed by atoms with van der Waals surface area (Å²) in [7, 11) is 0. The summed E-state index contributed by atoms with van der Waals surface area (Å²) in [5, 5.41) is 4.42. The van der Waals surface area contributed by atoms with Crippen LogP contribution in [0.4, 0.5) is 0 Å². The maximum absolute atomic E-state index is 6.26. The summed E-state index contributed by atoms with van der Waals surface area (Å²) in [6.45, 7) is 7.32. The largest absolute Gasteiger partial charge is 0.310 e. The first-order chi connectivity index (χ1) is 9.61. The molecule has 106 valence electrons. The average Bonchev–Trinajstić information content (AvgIpc) is 2.42. The zero-order chi connectivity index (χ0) is 14.5. The molecule has 1 atom stereocenters. The number of likely N-dealkylation sites (N-methyl/N-ethyl adjacent to an activating group) is 1. The Morgan fingerprint density at radius 1 is 1.10 bits per heavy atom. The summed E-state index contributed by atoms with van der Waals surface area (Å²) in [4.78, 5) is 0. The molecule has 0 aliphatic carbocycles. The molecule has 0 aliphatic rings. The minimum atomic E-state index is 0.306. The zero-order valence-electron chi connectivity index (χ0n) is 12.4. The van der Waals surface area contributed by atoms with Gasteiger partial charge in [0.2, 0.25) is 0 Å². The second kappa shape index (κ2) is 6.92. The van der Waals surface area contributed by atoms with E-state index in [2.05, 4.69) is 56.4 Å². The molecule has 2 heteroatoms. The van der Waals surface area contributed by atoms with Crippen LogP contribution in [0.2, 0.25) is 5.02 Å². The highest BCUT2D eigenvalue weighted by Crippen LogP contribution is 2.26. The molecule has 0 bridgehead atoms. The summed E-state index contributed by atoms with van der Waals surface area (Å²) >= 11 is 6.26. The number of hydrogen-bond acceptors (Lipinski definition) is 1. The van der Waals surface area contributed by atoms with E-state index in [-0.39, 0.29) is 0 Å². The Balaban J connectivity index is 2.29. The van der Waals surface area contributed by atoms with Crippen molar-refractivity contribution in [2.24, 2.45) is 0 Å². The smallest absolute Gasteiger partial charge is 0.0438 e. The monoisotopic (exact) mass is 287 g/mol. The molecule has 1 N–H and O–H groups in total. The van der Waals surface area contributed by atoms with Gasteiger partial charge in [-0.15, -0.1) is 0 Å². The van der Waals surface area contributed by atoms with Gasteiger partial charge in [0, 0.05) is 11.1 Å². The van der Waals surface area contributed by atoms with Gasteiger partial charge in [0.25, 0.3) is 0 Å². The van der Waals surface area contributed by atoms with Gasteiger partial charge in [-0.05, 0) is 49.6 Å². The molecular formula is C18H22ClN. The van der Waals surface area contributed by atoms with Crippen molar-refractivity contribution in [1.29, 1.82) is 0 Å². The Kier molecular flexibility index (Phi) is 5.22. The lowest BCUT2D eigenvalue weighted by Crippen LogP contribution is -2.23. The quantitative estimate of drug-likeness (QED) is 0.829. The number of nitrogens with one attached hydrogen (secondary N) is 1. The highest BCUT2D eigenvalue weighted by molar-refractivity contribution is 6.31. The summed E-state index contributed by atoms with van der Waals surface area (Å²) < 4.78 is 0. The molecule has 0 saturated carbocycles. The van der Waals surface area contributed by atoms with Crippen molar-refractivity contribution in [3.63, 3.8) is 0 Å². The van der Waals surface area contributed by atoms with Gasteiger partial charge in [-0.2, -0.15) is 0 Å². The predicted molar refractivity (Wildman–Crippen MR) is 87.5 cm³/mol. The highest BCUT2D eigenvalue weighted by atomic mass is 35.5. The normalized spacial score (nSPS) is 12.4. The standard InChI is InChI=1S/C18H22ClN/c1-4-20-18(12-15-8-5-7-13(2)11-15)16-9-6-10-17(19)14(16)3/h5-11,18,20H,4,12H2,1-3H3. The van der Waals surface area contributed by atoms with Crippen LogP contribution in [0.5, 0.6) is 0 Å². The third-order valence-corrected chi connectivity index (χ3v) is 4.07. The van der Waals surface area contributed by atoms with E-state index >= 15 is 0 Å². The van der Waals surface area contributed by atoms with E-state index in [1.165, 1.54) is 22.3 Å². The van der Waals surface area contributed by atoms with Gasteiger partial charge < -0.3 is 5.32 Å². The predicted octanol–water partition coefficient (Wildman–Crippen LogP) is 4.85. The fourth-order valence-corrected chi connectivity index (χ4v) is 2.80. The molecule has 0 radical (unpaired) electrons. The SMILES string of the molecule is CCNC(Cc1cccc(C)c1)c1cccc(Cl)c1C. The van der Waals surface area contributed by atoms with E-state index in [1.54, 1.807) is 0 Å². The topological polar surface area (TPSA) is 12.0 Å². The van der Waals surface area contributed by atoms with Gasteiger partial charge in [-0.25, -0.2) is 0 Å². The van der Waals surface area contributed by atoms with Crippen molar-refractivity contribution in [2.45, 2.75) is 33.2 Å². The lowest BCUT2D eigenvalue weighted by atomic mass is 9.94. The van der Waals surface area contributed by atoms with Gasteiger partial charge in [-0.3, -0.25) is 0 Å². The van der Waals surface area contributed by atoms with Crippen molar-refractivity contribution in [2.75, 3.05) is 6.54 Å². The summed E-state index contributed by atoms with van der Waals surface area (Å²) in [5.41, 5.74) is 5.13. The van der Waals surface area contributed by atoms with Crippen LogP contribution in [-0.2, 0) is 6.42 Å². The minimum Gasteiger partial charge on any atom is -0.310 e. The minimum absolute atomic E-state index is 0.306. The van der Waals surface area contributed by atoms with Crippen molar-refractivity contribution < 1.29 is 0 Å². The first kappa shape index (κ1) is 15.1. The van der Waals surface area contributed by atoms with Crippen LogP contribution in [0.25, 0.3) is 0 Å². The number of hydrogen-bond donors (Lipinski definition) is 1. The van der Waals surface area contributed by atoms with E-state index in [1.807, 2.05) is 12.1 Å². The molecule has 20 heavy (non-hydrogen) atoms. The fourth-order valence-electron chi connectivity index (χ4n) is 2.61. The van der Waals surface area contributed by atoms with Crippen LogP contribution in [0.3, 0.4) is 0 Å². The Bertz CT molecular complexity index is 577. The first-order valence-electron chi connectivity index (χ1n) is 7.15. The summed E-state index contributed by atoms with van der Waals surface area (Å²) in [6, 6.07) is 15.2. The van der Waals surface area contributed by atoms with Crippen LogP contribution < -0.4 is 5.32 Å². The van der Waals surface area contributed by atoms with Gasteiger partial charge >= 0.3 is 0 Å². The molecule has 0 aliphatic heterocycles. The highest BCUT2D eigenvalue weighted by Gasteiger charge is 2.14. The third kappa shape index (κ3) is 3.62. The van der Waals surface area contributed by atoms with E-state index in [0.717, 1.165) is 18.0 Å². The number of benzene rings is 2. The van der Waals surface area contributed by atoms with E-state index < -0.39 is 0 Å². The second-order valence-corrected chi connectivity index (χ2v) is 5.66. The van der Waals surface area contributed by atoms with Crippen molar-refractivity contribution in [1.82, 2.24) is 5.32 Å². The molecule has 0 aromatic heterocycles. The average molecular weight is 288 g/mol. The molecule has 0 spiro atoms. The zero-order valence-corrected chi connectivity index (χ0v) is 13.2. The van der Waals surface area contributed by atoms with Crippen molar-refractivity contribution >= 4 is 11.6 Å². The van der Waals surface area contributed by atoms with Crippen LogP contribution in [0.1, 0.15) is 35.2 Å². The lowest BCUT2D eigenvalue weighted by molar-refractivity contribution is 0.547. The maximum Gasteiger partial charge on any atom is 0.0438 e. The van der Waals surface area contributed by atoms with Crippen molar-refractivity contribution in [3.05, 3.63) is 69.7 Å².